The molecule has 0 saturated carbocycles. The minimum absolute atomic E-state index is 0.162. The highest BCUT2D eigenvalue weighted by Crippen LogP contribution is 2.28. The number of methoxy groups -OCH3 is 2. The van der Waals surface area contributed by atoms with Crippen molar-refractivity contribution >= 4 is 28.9 Å². The maximum Gasteiger partial charge on any atom is 0.373 e. The molecule has 0 fully saturated rings. The van der Waals surface area contributed by atoms with E-state index >= 15 is 0 Å². The molecule has 0 spiro atoms. The normalized spacial score (nSPS) is 10.9. The summed E-state index contributed by atoms with van der Waals surface area (Å²) in [6.07, 6.45) is 1.46. The molecule has 0 bridgehead atoms. The molecule has 9 nitrogen and oxygen atoms in total. The van der Waals surface area contributed by atoms with Crippen LogP contribution in [0.3, 0.4) is 0 Å². The summed E-state index contributed by atoms with van der Waals surface area (Å²) in [5.74, 6) is 1.45. The Balaban J connectivity index is 1.60. The molecule has 0 amide bonds. The van der Waals surface area contributed by atoms with E-state index in [1.54, 1.807) is 23.9 Å². The number of thioether (sulfide) groups is 1. The van der Waals surface area contributed by atoms with Crippen LogP contribution in [0.5, 0.6) is 5.75 Å². The van der Waals surface area contributed by atoms with Gasteiger partial charge in [0.25, 0.3) is 0 Å². The lowest BCUT2D eigenvalue weighted by Gasteiger charge is -2.04. The van der Waals surface area contributed by atoms with Gasteiger partial charge in [0.2, 0.25) is 5.76 Å². The van der Waals surface area contributed by atoms with Gasteiger partial charge in [-0.25, -0.2) is 14.8 Å². The number of fused-ring (bicyclic) bond motifs is 1. The molecule has 3 aromatic heterocycles. The lowest BCUT2D eigenvalue weighted by Crippen LogP contribution is -1.99. The molecule has 28 heavy (non-hydrogen) atoms. The monoisotopic (exact) mass is 397 g/mol. The van der Waals surface area contributed by atoms with Crippen LogP contribution in [0, 0.1) is 0 Å². The van der Waals surface area contributed by atoms with Crippen LogP contribution in [-0.4, -0.2) is 45.2 Å². The maximum absolute atomic E-state index is 11.5. The Hall–Kier alpha value is -3.40. The Labute approximate surface area is 163 Å². The number of furan rings is 1. The lowest BCUT2D eigenvalue weighted by atomic mass is 10.3. The first-order valence-electron chi connectivity index (χ1n) is 8.20. The highest BCUT2D eigenvalue weighted by atomic mass is 32.2. The van der Waals surface area contributed by atoms with Crippen molar-refractivity contribution in [2.45, 2.75) is 10.8 Å². The fourth-order valence-electron chi connectivity index (χ4n) is 2.56. The number of rotatable bonds is 6. The van der Waals surface area contributed by atoms with E-state index in [0.717, 1.165) is 5.69 Å². The van der Waals surface area contributed by atoms with E-state index < -0.39 is 5.97 Å². The molecule has 4 rings (SSSR count). The summed E-state index contributed by atoms with van der Waals surface area (Å²) >= 11 is 1.41. The first kappa shape index (κ1) is 18.0. The standard InChI is InChI=1S/C18H15N5O4S/c1-25-12-5-3-4-11(8-12)23-16-15(21-22-23)17(20-10-19-16)28-9-13-6-7-14(27-13)18(24)26-2/h3-8,10H,9H2,1-2H3. The summed E-state index contributed by atoms with van der Waals surface area (Å²) in [5, 5.41) is 9.10. The highest BCUT2D eigenvalue weighted by molar-refractivity contribution is 7.98. The average Bonchev–Trinajstić information content (AvgIpc) is 3.39. The van der Waals surface area contributed by atoms with Crippen molar-refractivity contribution in [2.75, 3.05) is 14.2 Å². The number of ether oxygens (including phenoxy) is 2. The number of benzene rings is 1. The van der Waals surface area contributed by atoms with Crippen molar-refractivity contribution < 1.29 is 18.7 Å². The van der Waals surface area contributed by atoms with E-state index in [1.165, 1.54) is 25.2 Å². The highest BCUT2D eigenvalue weighted by Gasteiger charge is 2.16. The van der Waals surface area contributed by atoms with E-state index in [2.05, 4.69) is 25.0 Å². The number of nitrogens with zero attached hydrogens (tertiary/aromatic N) is 5. The Morgan fingerprint density at radius 3 is 2.93 bits per heavy atom. The molecule has 142 valence electrons. The van der Waals surface area contributed by atoms with Gasteiger partial charge in [0.1, 0.15) is 22.9 Å². The average molecular weight is 397 g/mol. The van der Waals surface area contributed by atoms with Crippen molar-refractivity contribution in [2.24, 2.45) is 0 Å². The summed E-state index contributed by atoms with van der Waals surface area (Å²) in [7, 11) is 2.91. The van der Waals surface area contributed by atoms with Crippen molar-refractivity contribution in [3.8, 4) is 11.4 Å². The van der Waals surface area contributed by atoms with Crippen molar-refractivity contribution in [3.05, 3.63) is 54.2 Å². The first-order chi connectivity index (χ1) is 13.7. The van der Waals surface area contributed by atoms with Gasteiger partial charge in [-0.3, -0.25) is 0 Å². The summed E-state index contributed by atoms with van der Waals surface area (Å²) in [6.45, 7) is 0. The molecular weight excluding hydrogens is 382 g/mol. The van der Waals surface area contributed by atoms with Crippen LogP contribution in [0.25, 0.3) is 16.9 Å². The minimum Gasteiger partial charge on any atom is -0.497 e. The predicted molar refractivity (Wildman–Crippen MR) is 101 cm³/mol. The van der Waals surface area contributed by atoms with Crippen LogP contribution in [0.15, 0.2) is 52.2 Å². The Bertz CT molecular complexity index is 1140. The number of carbonyl (C=O) groups is 1. The second-order valence-electron chi connectivity index (χ2n) is 5.60. The number of carbonyl (C=O) groups excluding carboxylic acids is 1. The van der Waals surface area contributed by atoms with E-state index in [9.17, 15) is 4.79 Å². The molecule has 0 radical (unpaired) electrons. The molecule has 10 heteroatoms. The zero-order chi connectivity index (χ0) is 19.5. The Morgan fingerprint density at radius 2 is 2.11 bits per heavy atom. The predicted octanol–water partition coefficient (Wildman–Crippen LogP) is 2.89. The van der Waals surface area contributed by atoms with Gasteiger partial charge in [-0.15, -0.1) is 5.10 Å². The van der Waals surface area contributed by atoms with Gasteiger partial charge in [-0.1, -0.05) is 23.0 Å². The molecule has 0 aliphatic rings. The van der Waals surface area contributed by atoms with Crippen molar-refractivity contribution in [1.29, 1.82) is 0 Å². The van der Waals surface area contributed by atoms with Crippen molar-refractivity contribution in [1.82, 2.24) is 25.0 Å². The second-order valence-corrected chi connectivity index (χ2v) is 6.56. The zero-order valence-electron chi connectivity index (χ0n) is 15.0. The fraction of sp³-hybridized carbons (Fsp3) is 0.167. The zero-order valence-corrected chi connectivity index (χ0v) is 15.8. The molecule has 0 saturated heterocycles. The van der Waals surface area contributed by atoms with Gasteiger partial charge in [-0.05, 0) is 24.3 Å². The number of aromatic nitrogens is 5. The number of esters is 1. The third kappa shape index (κ3) is 3.41. The van der Waals surface area contributed by atoms with Gasteiger partial charge < -0.3 is 13.9 Å². The van der Waals surface area contributed by atoms with Crippen LogP contribution in [-0.2, 0) is 10.5 Å². The minimum atomic E-state index is -0.512. The molecule has 0 unspecified atom stereocenters. The van der Waals surface area contributed by atoms with Crippen LogP contribution >= 0.6 is 11.8 Å². The maximum atomic E-state index is 11.5. The van der Waals surface area contributed by atoms with E-state index in [-0.39, 0.29) is 5.76 Å². The lowest BCUT2D eigenvalue weighted by molar-refractivity contribution is 0.0563. The van der Waals surface area contributed by atoms with Gasteiger partial charge in [0, 0.05) is 6.07 Å². The Kier molecular flexibility index (Phi) is 4.94. The van der Waals surface area contributed by atoms with Crippen LogP contribution in [0.4, 0.5) is 0 Å². The van der Waals surface area contributed by atoms with E-state index in [0.29, 0.717) is 33.5 Å². The molecule has 1 aromatic carbocycles. The fourth-order valence-corrected chi connectivity index (χ4v) is 3.38. The third-order valence-corrected chi connectivity index (χ3v) is 4.90. The summed E-state index contributed by atoms with van der Waals surface area (Å²) in [5.41, 5.74) is 1.95. The molecule has 0 N–H and O–H groups in total. The third-order valence-electron chi connectivity index (χ3n) is 3.90. The summed E-state index contributed by atoms with van der Waals surface area (Å²) in [6, 6.07) is 10.8. The SMILES string of the molecule is COC(=O)c1ccc(CSc2ncnc3c2nnn3-c2cccc(OC)c2)o1. The van der Waals surface area contributed by atoms with Crippen LogP contribution < -0.4 is 4.74 Å². The first-order valence-corrected chi connectivity index (χ1v) is 9.19. The van der Waals surface area contributed by atoms with E-state index in [4.69, 9.17) is 9.15 Å². The molecule has 0 aliphatic carbocycles. The van der Waals surface area contributed by atoms with Gasteiger partial charge in [0.15, 0.2) is 11.2 Å². The smallest absolute Gasteiger partial charge is 0.373 e. The molecular formula is C18H15N5O4S. The Morgan fingerprint density at radius 1 is 1.21 bits per heavy atom. The van der Waals surface area contributed by atoms with Gasteiger partial charge in [0.05, 0.1) is 25.7 Å². The number of hydrogen-bond acceptors (Lipinski definition) is 9. The van der Waals surface area contributed by atoms with Crippen LogP contribution in [0.2, 0.25) is 0 Å². The largest absolute Gasteiger partial charge is 0.497 e. The number of hydrogen-bond donors (Lipinski definition) is 0. The van der Waals surface area contributed by atoms with Gasteiger partial charge in [-0.2, -0.15) is 4.68 Å². The summed E-state index contributed by atoms with van der Waals surface area (Å²) < 4.78 is 17.0. The van der Waals surface area contributed by atoms with Crippen LogP contribution in [0.1, 0.15) is 16.3 Å². The quantitative estimate of drug-likeness (QED) is 0.276. The van der Waals surface area contributed by atoms with E-state index in [1.807, 2.05) is 24.3 Å². The second kappa shape index (κ2) is 7.69. The summed E-state index contributed by atoms with van der Waals surface area (Å²) in [4.78, 5) is 20.1. The molecule has 0 atom stereocenters. The topological polar surface area (TPSA) is 105 Å². The molecule has 3 heterocycles. The molecule has 0 aliphatic heterocycles. The van der Waals surface area contributed by atoms with Crippen molar-refractivity contribution in [3.63, 3.8) is 0 Å². The van der Waals surface area contributed by atoms with Gasteiger partial charge >= 0.3 is 5.97 Å². The molecule has 4 aromatic rings.